The molecule has 2 aromatic carbocycles. The van der Waals surface area contributed by atoms with Crippen LogP contribution in [0.3, 0.4) is 0 Å². The van der Waals surface area contributed by atoms with Crippen LogP contribution in [0.5, 0.6) is 0 Å². The van der Waals surface area contributed by atoms with Crippen LogP contribution >= 0.6 is 46.4 Å². The topological polar surface area (TPSA) is 63.2 Å². The molecule has 0 saturated heterocycles. The lowest BCUT2D eigenvalue weighted by atomic mass is 9.86. The molecular formula is C25H26Cl4F3N3O3. The zero-order chi connectivity index (χ0) is 28.6. The number of alkyl halides is 3. The molecule has 2 aromatic rings. The molecule has 3 rings (SSSR count). The molecule has 1 aliphatic rings. The fourth-order valence-corrected chi connectivity index (χ4v) is 4.34. The monoisotopic (exact) mass is 613 g/mol. The van der Waals surface area contributed by atoms with Gasteiger partial charge in [0, 0.05) is 24.1 Å². The second kappa shape index (κ2) is 11.3. The summed E-state index contributed by atoms with van der Waals surface area (Å²) < 4.78 is 48.8. The number of hydrogen-bond donors (Lipinski definition) is 1. The van der Waals surface area contributed by atoms with Gasteiger partial charge in [0.2, 0.25) is 0 Å². The molecule has 0 fully saturated rings. The van der Waals surface area contributed by atoms with Gasteiger partial charge in [0.05, 0.1) is 31.5 Å². The van der Waals surface area contributed by atoms with Gasteiger partial charge in [-0.15, -0.1) is 0 Å². The van der Waals surface area contributed by atoms with Crippen LogP contribution in [-0.2, 0) is 15.2 Å². The second-order valence-electron chi connectivity index (χ2n) is 10.1. The molecule has 0 bridgehead atoms. The molecule has 0 radical (unpaired) electrons. The Morgan fingerprint density at radius 2 is 1.71 bits per heavy atom. The van der Waals surface area contributed by atoms with E-state index in [1.807, 2.05) is 13.8 Å². The van der Waals surface area contributed by atoms with Crippen molar-refractivity contribution in [3.05, 3.63) is 61.5 Å². The highest BCUT2D eigenvalue weighted by atomic mass is 35.5. The second-order valence-corrected chi connectivity index (χ2v) is 11.7. The standard InChI is InChI=1S/C25H26Cl4F3N3O3/c1-13(2)12-33-35(22(36)37-23(3,4)5)20-8-14(6-7-16(20)26)19-11-24(38-34-19,25(30,31)32)15-9-17(27)21(29)18(28)10-15/h6-10,13,33H,11-12H2,1-5H3. The third kappa shape index (κ3) is 6.62. The van der Waals surface area contributed by atoms with Gasteiger partial charge in [-0.1, -0.05) is 71.5 Å². The van der Waals surface area contributed by atoms with Gasteiger partial charge >= 0.3 is 12.3 Å². The number of hydrazine groups is 1. The van der Waals surface area contributed by atoms with Crippen LogP contribution in [-0.4, -0.2) is 30.1 Å². The summed E-state index contributed by atoms with van der Waals surface area (Å²) in [5.41, 5.74) is -0.654. The Balaban J connectivity index is 2.03. The van der Waals surface area contributed by atoms with Crippen molar-refractivity contribution in [2.75, 3.05) is 11.6 Å². The fourth-order valence-electron chi connectivity index (χ4n) is 3.54. The first kappa shape index (κ1) is 30.6. The lowest BCUT2D eigenvalue weighted by Crippen LogP contribution is -2.47. The average molecular weight is 615 g/mol. The molecule has 1 atom stereocenters. The molecule has 13 heteroatoms. The lowest BCUT2D eigenvalue weighted by Gasteiger charge is -2.30. The molecule has 6 nitrogen and oxygen atoms in total. The molecule has 0 aliphatic carbocycles. The third-order valence-electron chi connectivity index (χ3n) is 5.39. The molecule has 1 N–H and O–H groups in total. The quantitative estimate of drug-likeness (QED) is 0.261. The number of hydrogen-bond acceptors (Lipinski definition) is 5. The van der Waals surface area contributed by atoms with E-state index in [0.29, 0.717) is 6.54 Å². The Hall–Kier alpha value is -1.91. The molecule has 0 spiro atoms. The van der Waals surface area contributed by atoms with Gasteiger partial charge in [-0.2, -0.15) is 13.2 Å². The van der Waals surface area contributed by atoms with Gasteiger partial charge < -0.3 is 9.57 Å². The number of benzene rings is 2. The van der Waals surface area contributed by atoms with E-state index in [2.05, 4.69) is 10.6 Å². The smallest absolute Gasteiger partial charge is 0.435 e. The third-order valence-corrected chi connectivity index (χ3v) is 6.91. The van der Waals surface area contributed by atoms with Gasteiger partial charge in [0.15, 0.2) is 0 Å². The predicted molar refractivity (Wildman–Crippen MR) is 144 cm³/mol. The number of rotatable bonds is 6. The first-order valence-electron chi connectivity index (χ1n) is 11.5. The normalized spacial score (nSPS) is 17.9. The van der Waals surface area contributed by atoms with E-state index < -0.39 is 29.9 Å². The molecule has 1 unspecified atom stereocenters. The minimum absolute atomic E-state index is 0.0320. The van der Waals surface area contributed by atoms with Gasteiger partial charge in [-0.3, -0.25) is 0 Å². The molecular weight excluding hydrogens is 589 g/mol. The first-order chi connectivity index (χ1) is 17.4. The highest BCUT2D eigenvalue weighted by molar-refractivity contribution is 6.48. The summed E-state index contributed by atoms with van der Waals surface area (Å²) in [6.07, 6.45) is -6.33. The minimum atomic E-state index is -4.89. The SMILES string of the molecule is CC(C)CNN(C(=O)OC(C)(C)C)c1cc(C2=NOC(c3cc(Cl)c(Cl)c(Cl)c3)(C(F)(F)F)C2)ccc1Cl. The first-order valence-corrected chi connectivity index (χ1v) is 13.0. The van der Waals surface area contributed by atoms with E-state index in [1.54, 1.807) is 20.8 Å². The summed E-state index contributed by atoms with van der Waals surface area (Å²) in [5, 5.41) is 4.67. The lowest BCUT2D eigenvalue weighted by molar-refractivity contribution is -0.275. The number of halogens is 7. The summed E-state index contributed by atoms with van der Waals surface area (Å²) in [7, 11) is 0. The number of nitrogens with zero attached hydrogens (tertiary/aromatic N) is 2. The Morgan fingerprint density at radius 1 is 1.11 bits per heavy atom. The number of carbonyl (C=O) groups excluding carboxylic acids is 1. The molecule has 38 heavy (non-hydrogen) atoms. The van der Waals surface area contributed by atoms with E-state index in [1.165, 1.54) is 18.2 Å². The van der Waals surface area contributed by atoms with Crippen molar-refractivity contribution in [2.24, 2.45) is 11.1 Å². The van der Waals surface area contributed by atoms with E-state index in [4.69, 9.17) is 56.0 Å². The number of carbonyl (C=O) groups is 1. The molecule has 1 amide bonds. The highest BCUT2D eigenvalue weighted by Crippen LogP contribution is 2.50. The summed E-state index contributed by atoms with van der Waals surface area (Å²) in [4.78, 5) is 18.1. The van der Waals surface area contributed by atoms with Crippen molar-refractivity contribution in [1.29, 1.82) is 0 Å². The van der Waals surface area contributed by atoms with Gasteiger partial charge in [-0.25, -0.2) is 15.2 Å². The van der Waals surface area contributed by atoms with Crippen LogP contribution in [0.2, 0.25) is 20.1 Å². The number of ether oxygens (including phenoxy) is 1. The van der Waals surface area contributed by atoms with Gasteiger partial charge in [0.25, 0.3) is 5.60 Å². The van der Waals surface area contributed by atoms with Crippen molar-refractivity contribution in [3.8, 4) is 0 Å². The van der Waals surface area contributed by atoms with Crippen molar-refractivity contribution in [2.45, 2.75) is 58.4 Å². The maximum absolute atomic E-state index is 14.4. The highest BCUT2D eigenvalue weighted by Gasteiger charge is 2.62. The summed E-state index contributed by atoms with van der Waals surface area (Å²) in [6.45, 7) is 9.39. The largest absolute Gasteiger partial charge is 0.442 e. The fraction of sp³-hybridized carbons (Fsp3) is 0.440. The van der Waals surface area contributed by atoms with Crippen LogP contribution in [0.15, 0.2) is 35.5 Å². The molecule has 0 saturated carbocycles. The number of nitrogens with one attached hydrogen (secondary N) is 1. The van der Waals surface area contributed by atoms with Gasteiger partial charge in [0.1, 0.15) is 5.60 Å². The van der Waals surface area contributed by atoms with E-state index in [-0.39, 0.29) is 48.5 Å². The molecule has 0 aromatic heterocycles. The van der Waals surface area contributed by atoms with E-state index in [9.17, 15) is 18.0 Å². The van der Waals surface area contributed by atoms with Crippen molar-refractivity contribution in [1.82, 2.24) is 5.43 Å². The Bertz CT molecular complexity index is 1230. The zero-order valence-electron chi connectivity index (χ0n) is 21.1. The van der Waals surface area contributed by atoms with Crippen LogP contribution in [0.4, 0.5) is 23.7 Å². The Morgan fingerprint density at radius 3 is 2.24 bits per heavy atom. The molecule has 208 valence electrons. The molecule has 1 aliphatic heterocycles. The maximum atomic E-state index is 14.4. The van der Waals surface area contributed by atoms with Crippen molar-refractivity contribution in [3.63, 3.8) is 0 Å². The average Bonchev–Trinajstić information content (AvgIpc) is 3.24. The minimum Gasteiger partial charge on any atom is -0.442 e. The van der Waals surface area contributed by atoms with Crippen molar-refractivity contribution >= 4 is 63.9 Å². The Labute approximate surface area is 238 Å². The summed E-state index contributed by atoms with van der Waals surface area (Å²) >= 11 is 24.4. The van der Waals surface area contributed by atoms with Crippen LogP contribution < -0.4 is 10.4 Å². The van der Waals surface area contributed by atoms with Crippen LogP contribution in [0.25, 0.3) is 0 Å². The zero-order valence-corrected chi connectivity index (χ0v) is 24.2. The van der Waals surface area contributed by atoms with Gasteiger partial charge in [-0.05, 0) is 51.0 Å². The molecule has 1 heterocycles. The Kier molecular flexibility index (Phi) is 9.10. The summed E-state index contributed by atoms with van der Waals surface area (Å²) in [6, 6.07) is 6.48. The van der Waals surface area contributed by atoms with E-state index >= 15 is 0 Å². The predicted octanol–water partition coefficient (Wildman–Crippen LogP) is 8.78. The van der Waals surface area contributed by atoms with Crippen LogP contribution in [0, 0.1) is 5.92 Å². The van der Waals surface area contributed by atoms with Crippen molar-refractivity contribution < 1.29 is 27.5 Å². The van der Waals surface area contributed by atoms with E-state index in [0.717, 1.165) is 17.1 Å². The summed E-state index contributed by atoms with van der Waals surface area (Å²) in [5.74, 6) is 0.153. The number of amides is 1. The number of anilines is 1. The number of oxime groups is 1. The maximum Gasteiger partial charge on any atom is 0.435 e. The van der Waals surface area contributed by atoms with Crippen LogP contribution in [0.1, 0.15) is 52.2 Å².